The average molecular weight is 512 g/mol. The van der Waals surface area contributed by atoms with E-state index in [4.69, 9.17) is 4.99 Å². The van der Waals surface area contributed by atoms with Gasteiger partial charge in [0.15, 0.2) is 0 Å². The second kappa shape index (κ2) is 7.87. The number of carbonyl (C=O) groups is 1. The summed E-state index contributed by atoms with van der Waals surface area (Å²) in [6.07, 6.45) is 7.23. The van der Waals surface area contributed by atoms with Crippen LogP contribution in [0.4, 0.5) is 5.69 Å². The number of fused-ring (bicyclic) bond motifs is 4. The molecule has 1 amide bonds. The van der Waals surface area contributed by atoms with Crippen LogP contribution in [0.15, 0.2) is 40.5 Å². The van der Waals surface area contributed by atoms with Crippen LogP contribution in [0.5, 0.6) is 0 Å². The Morgan fingerprint density at radius 2 is 1.97 bits per heavy atom. The van der Waals surface area contributed by atoms with Crippen LogP contribution in [-0.4, -0.2) is 78.1 Å². The molecule has 0 saturated heterocycles. The van der Waals surface area contributed by atoms with Gasteiger partial charge in [0, 0.05) is 30.9 Å². The Labute approximate surface area is 212 Å². The van der Waals surface area contributed by atoms with Gasteiger partial charge in [-0.15, -0.1) is 0 Å². The number of carbonyl (C=O) groups excluding carboxylic acids is 1. The van der Waals surface area contributed by atoms with Crippen LogP contribution >= 0.6 is 0 Å². The summed E-state index contributed by atoms with van der Waals surface area (Å²) in [6, 6.07) is 4.96. The van der Waals surface area contributed by atoms with E-state index < -0.39 is 15.6 Å². The molecule has 2 aliphatic carbocycles. The van der Waals surface area contributed by atoms with E-state index in [-0.39, 0.29) is 16.3 Å². The molecule has 3 heterocycles. The number of anilines is 1. The highest BCUT2D eigenvalue weighted by molar-refractivity contribution is 7.89. The summed E-state index contributed by atoms with van der Waals surface area (Å²) in [6.45, 7) is 3.87. The van der Waals surface area contributed by atoms with Crippen LogP contribution in [0.2, 0.25) is 0 Å². The van der Waals surface area contributed by atoms with Gasteiger partial charge in [0.2, 0.25) is 16.0 Å². The summed E-state index contributed by atoms with van der Waals surface area (Å²) in [7, 11) is 2.28. The standard InChI is InChI=1S/C25H33N7O3S/c1-24(7-8-24)28-36(34,35)19-5-6-21-20(9-19)22(33)31(15-18-12-27-30(4)14-18)23-26-16-25(32(21)23)10-17(11-25)13-29(2)3/h5-6,9,12,14,17,28H,7-8,10-11,13,15-16H2,1-4H3. The second-order valence-electron chi connectivity index (χ2n) is 11.5. The van der Waals surface area contributed by atoms with Crippen LogP contribution in [-0.2, 0) is 23.6 Å². The zero-order valence-corrected chi connectivity index (χ0v) is 22.0. The van der Waals surface area contributed by atoms with E-state index in [1.165, 1.54) is 0 Å². The fourth-order valence-corrected chi connectivity index (χ4v) is 7.44. The highest BCUT2D eigenvalue weighted by Crippen LogP contribution is 2.50. The van der Waals surface area contributed by atoms with E-state index in [1.807, 2.05) is 20.2 Å². The van der Waals surface area contributed by atoms with E-state index in [0.717, 1.165) is 43.5 Å². The lowest BCUT2D eigenvalue weighted by atomic mass is 9.67. The van der Waals surface area contributed by atoms with Crippen molar-refractivity contribution in [3.05, 3.63) is 41.7 Å². The number of rotatable bonds is 7. The molecule has 0 radical (unpaired) electrons. The van der Waals surface area contributed by atoms with Crippen LogP contribution < -0.4 is 9.62 Å². The number of hydrogen-bond donors (Lipinski definition) is 1. The smallest absolute Gasteiger partial charge is 0.263 e. The quantitative estimate of drug-likeness (QED) is 0.608. The minimum atomic E-state index is -3.74. The molecule has 0 unspecified atom stereocenters. The molecule has 192 valence electrons. The molecule has 10 nitrogen and oxygen atoms in total. The molecule has 1 aromatic carbocycles. The predicted molar refractivity (Wildman–Crippen MR) is 136 cm³/mol. The minimum Gasteiger partial charge on any atom is -0.309 e. The predicted octanol–water partition coefficient (Wildman–Crippen LogP) is 1.79. The lowest BCUT2D eigenvalue weighted by molar-refractivity contribution is 0.0822. The van der Waals surface area contributed by atoms with Gasteiger partial charge in [0.05, 0.1) is 41.0 Å². The molecule has 1 N–H and O–H groups in total. The van der Waals surface area contributed by atoms with Crippen molar-refractivity contribution in [1.82, 2.24) is 24.3 Å². The lowest BCUT2D eigenvalue weighted by Crippen LogP contribution is -2.64. The molecule has 0 atom stereocenters. The summed E-state index contributed by atoms with van der Waals surface area (Å²) in [5.74, 6) is 0.976. The van der Waals surface area contributed by atoms with Crippen LogP contribution in [0.3, 0.4) is 0 Å². The van der Waals surface area contributed by atoms with Gasteiger partial charge in [-0.05, 0) is 70.8 Å². The molecule has 1 aromatic heterocycles. The Kier molecular flexibility index (Phi) is 5.16. The minimum absolute atomic E-state index is 0.122. The van der Waals surface area contributed by atoms with E-state index in [9.17, 15) is 13.2 Å². The zero-order chi connectivity index (χ0) is 25.5. The maximum Gasteiger partial charge on any atom is 0.263 e. The second-order valence-corrected chi connectivity index (χ2v) is 13.2. The third-order valence-electron chi connectivity index (χ3n) is 7.87. The van der Waals surface area contributed by atoms with Crippen molar-refractivity contribution >= 4 is 27.6 Å². The number of aliphatic imine (C=N–C) groups is 1. The fourth-order valence-electron chi connectivity index (χ4n) is 5.95. The van der Waals surface area contributed by atoms with Gasteiger partial charge in [0.25, 0.3) is 5.91 Å². The number of amides is 1. The fraction of sp³-hybridized carbons (Fsp3) is 0.560. The average Bonchev–Trinajstić information content (AvgIpc) is 3.16. The summed E-state index contributed by atoms with van der Waals surface area (Å²) < 4.78 is 30.8. The third-order valence-corrected chi connectivity index (χ3v) is 9.50. The number of sulfonamides is 1. The molecule has 11 heteroatoms. The molecular formula is C25H33N7O3S. The SMILES string of the molecule is CN(C)CC1CC2(CN=C3N(Cc4cnn(C)c4)C(=O)c4cc(S(=O)(=O)NC5(C)CC5)ccc4N32)C1. The zero-order valence-electron chi connectivity index (χ0n) is 21.2. The first kappa shape index (κ1) is 23.6. The number of nitrogens with one attached hydrogen (secondary N) is 1. The number of benzene rings is 1. The number of aromatic nitrogens is 2. The van der Waals surface area contributed by atoms with Crippen LogP contribution in [0, 0.1) is 5.92 Å². The summed E-state index contributed by atoms with van der Waals surface area (Å²) in [4.78, 5) is 24.9. The Balaban J connectivity index is 1.39. The van der Waals surface area contributed by atoms with E-state index >= 15 is 0 Å². The van der Waals surface area contributed by atoms with Gasteiger partial charge in [-0.2, -0.15) is 5.10 Å². The molecule has 0 bridgehead atoms. The molecule has 2 saturated carbocycles. The van der Waals surface area contributed by atoms with Gasteiger partial charge in [-0.3, -0.25) is 14.4 Å². The van der Waals surface area contributed by atoms with Crippen molar-refractivity contribution in [3.63, 3.8) is 0 Å². The number of guanidine groups is 1. The monoisotopic (exact) mass is 511 g/mol. The molecule has 2 aliphatic heterocycles. The topological polar surface area (TPSA) is 103 Å². The van der Waals surface area contributed by atoms with E-state index in [2.05, 4.69) is 33.7 Å². The first-order valence-corrected chi connectivity index (χ1v) is 13.9. The molecule has 2 fully saturated rings. The Bertz CT molecular complexity index is 1370. The van der Waals surface area contributed by atoms with Crippen LogP contribution in [0.25, 0.3) is 0 Å². The van der Waals surface area contributed by atoms with Gasteiger partial charge in [-0.25, -0.2) is 18.1 Å². The normalized spacial score (nSPS) is 26.2. The Hall–Kier alpha value is -2.76. The van der Waals surface area contributed by atoms with Crippen molar-refractivity contribution < 1.29 is 13.2 Å². The lowest BCUT2D eigenvalue weighted by Gasteiger charge is -2.54. The summed E-state index contributed by atoms with van der Waals surface area (Å²) in [5.41, 5.74) is 1.47. The first-order valence-electron chi connectivity index (χ1n) is 12.5. The maximum absolute atomic E-state index is 13.8. The largest absolute Gasteiger partial charge is 0.309 e. The molecule has 36 heavy (non-hydrogen) atoms. The summed E-state index contributed by atoms with van der Waals surface area (Å²) >= 11 is 0. The Morgan fingerprint density at radius 3 is 2.61 bits per heavy atom. The van der Waals surface area contributed by atoms with E-state index in [0.29, 0.717) is 30.5 Å². The van der Waals surface area contributed by atoms with Crippen LogP contribution in [0.1, 0.15) is 48.5 Å². The highest BCUT2D eigenvalue weighted by atomic mass is 32.2. The Morgan fingerprint density at radius 1 is 1.22 bits per heavy atom. The first-order chi connectivity index (χ1) is 17.0. The van der Waals surface area contributed by atoms with Crippen molar-refractivity contribution in [1.29, 1.82) is 0 Å². The van der Waals surface area contributed by atoms with Crippen molar-refractivity contribution in [3.8, 4) is 0 Å². The molecule has 1 spiro atoms. The van der Waals surface area contributed by atoms with Gasteiger partial charge >= 0.3 is 0 Å². The summed E-state index contributed by atoms with van der Waals surface area (Å²) in [5, 5.41) is 4.25. The van der Waals surface area contributed by atoms with E-state index in [1.54, 1.807) is 34.0 Å². The van der Waals surface area contributed by atoms with Crippen molar-refractivity contribution in [2.24, 2.45) is 18.0 Å². The molecule has 6 rings (SSSR count). The maximum atomic E-state index is 13.8. The third kappa shape index (κ3) is 3.84. The number of hydrogen-bond acceptors (Lipinski definition) is 7. The highest BCUT2D eigenvalue weighted by Gasteiger charge is 2.56. The molecule has 4 aliphatic rings. The van der Waals surface area contributed by atoms with Crippen molar-refractivity contribution in [2.45, 2.75) is 55.1 Å². The molecule has 2 aromatic rings. The van der Waals surface area contributed by atoms with Gasteiger partial charge in [0.1, 0.15) is 0 Å². The molecular weight excluding hydrogens is 478 g/mol. The van der Waals surface area contributed by atoms with Gasteiger partial charge < -0.3 is 9.80 Å². The number of aryl methyl sites for hydroxylation is 1. The van der Waals surface area contributed by atoms with Gasteiger partial charge in [-0.1, -0.05) is 0 Å². The number of nitrogens with zero attached hydrogens (tertiary/aromatic N) is 6. The van der Waals surface area contributed by atoms with Crippen molar-refractivity contribution in [2.75, 3.05) is 32.1 Å².